The van der Waals surface area contributed by atoms with Crippen LogP contribution < -0.4 is 5.32 Å². The van der Waals surface area contributed by atoms with Crippen LogP contribution in [0.3, 0.4) is 0 Å². The van der Waals surface area contributed by atoms with Gasteiger partial charge in [-0.1, -0.05) is 6.07 Å². The highest BCUT2D eigenvalue weighted by molar-refractivity contribution is 7.90. The molecule has 1 aliphatic heterocycles. The number of hydrogen-bond donors (Lipinski definition) is 1. The molecule has 0 atom stereocenters. The van der Waals surface area contributed by atoms with Gasteiger partial charge < -0.3 is 5.32 Å². The zero-order chi connectivity index (χ0) is 15.7. The van der Waals surface area contributed by atoms with Crippen molar-refractivity contribution in [1.82, 2.24) is 5.32 Å². The van der Waals surface area contributed by atoms with Crippen molar-refractivity contribution in [2.24, 2.45) is 5.92 Å². The summed E-state index contributed by atoms with van der Waals surface area (Å²) in [5.41, 5.74) is -0.436. The highest BCUT2D eigenvalue weighted by Gasteiger charge is 2.32. The summed E-state index contributed by atoms with van der Waals surface area (Å²) < 4.78 is 61.8. The Bertz CT molecular complexity index is 605. The highest BCUT2D eigenvalue weighted by atomic mass is 32.2. The van der Waals surface area contributed by atoms with Crippen LogP contribution in [0.1, 0.15) is 24.0 Å². The van der Waals surface area contributed by atoms with Crippen molar-refractivity contribution >= 4 is 9.84 Å². The lowest BCUT2D eigenvalue weighted by molar-refractivity contribution is -0.137. The molecule has 118 valence electrons. The first-order valence-electron chi connectivity index (χ1n) is 6.79. The third-order valence-corrected chi connectivity index (χ3v) is 4.94. The largest absolute Gasteiger partial charge is 0.416 e. The minimum Gasteiger partial charge on any atom is -0.317 e. The monoisotopic (exact) mass is 321 g/mol. The zero-order valence-electron chi connectivity index (χ0n) is 11.7. The molecule has 0 bridgehead atoms. The molecule has 21 heavy (non-hydrogen) atoms. The van der Waals surface area contributed by atoms with Gasteiger partial charge >= 0.3 is 6.18 Å². The Labute approximate surface area is 122 Å². The maximum Gasteiger partial charge on any atom is 0.416 e. The van der Waals surface area contributed by atoms with Crippen LogP contribution in [0.4, 0.5) is 13.2 Å². The van der Waals surface area contributed by atoms with Crippen molar-refractivity contribution in [1.29, 1.82) is 0 Å². The van der Waals surface area contributed by atoms with Crippen molar-refractivity contribution in [3.05, 3.63) is 29.3 Å². The van der Waals surface area contributed by atoms with Crippen LogP contribution in [0.15, 0.2) is 23.1 Å². The van der Waals surface area contributed by atoms with E-state index in [1.807, 2.05) is 0 Å². The van der Waals surface area contributed by atoms with Crippen molar-refractivity contribution < 1.29 is 21.6 Å². The SMILES string of the molecule is CS(=O)(=O)c1cc(C(F)(F)F)ccc1CC1CCNCC1. The Morgan fingerprint density at radius 3 is 2.38 bits per heavy atom. The van der Waals surface area contributed by atoms with Crippen LogP contribution in [-0.2, 0) is 22.4 Å². The van der Waals surface area contributed by atoms with Gasteiger partial charge in [0.2, 0.25) is 0 Å². The molecule has 1 aromatic rings. The fourth-order valence-corrected chi connectivity index (χ4v) is 3.61. The first-order valence-corrected chi connectivity index (χ1v) is 8.68. The lowest BCUT2D eigenvalue weighted by atomic mass is 9.90. The third kappa shape index (κ3) is 4.20. The van der Waals surface area contributed by atoms with Crippen molar-refractivity contribution in [3.63, 3.8) is 0 Å². The predicted molar refractivity (Wildman–Crippen MR) is 73.9 cm³/mol. The van der Waals surface area contributed by atoms with Gasteiger partial charge in [-0.2, -0.15) is 13.2 Å². The lowest BCUT2D eigenvalue weighted by Crippen LogP contribution is -2.29. The van der Waals surface area contributed by atoms with Gasteiger partial charge in [-0.3, -0.25) is 0 Å². The molecule has 0 saturated carbocycles. The number of benzene rings is 1. The maximum atomic E-state index is 12.7. The minimum atomic E-state index is -4.53. The Balaban J connectivity index is 2.36. The summed E-state index contributed by atoms with van der Waals surface area (Å²) in [6.07, 6.45) is -1.27. The second-order valence-electron chi connectivity index (χ2n) is 5.49. The number of nitrogens with one attached hydrogen (secondary N) is 1. The fourth-order valence-electron chi connectivity index (χ4n) is 2.64. The Morgan fingerprint density at radius 2 is 1.86 bits per heavy atom. The number of sulfone groups is 1. The summed E-state index contributed by atoms with van der Waals surface area (Å²) >= 11 is 0. The summed E-state index contributed by atoms with van der Waals surface area (Å²) in [6, 6.07) is 3.03. The molecule has 1 N–H and O–H groups in total. The van der Waals surface area contributed by atoms with Gasteiger partial charge in [0.05, 0.1) is 10.5 Å². The molecule has 0 amide bonds. The van der Waals surface area contributed by atoms with Crippen LogP contribution in [0.5, 0.6) is 0 Å². The maximum absolute atomic E-state index is 12.7. The number of hydrogen-bond acceptors (Lipinski definition) is 3. The smallest absolute Gasteiger partial charge is 0.317 e. The van der Waals surface area contributed by atoms with E-state index < -0.39 is 21.6 Å². The van der Waals surface area contributed by atoms with Crippen molar-refractivity contribution in [2.75, 3.05) is 19.3 Å². The van der Waals surface area contributed by atoms with E-state index in [9.17, 15) is 21.6 Å². The van der Waals surface area contributed by atoms with E-state index in [1.54, 1.807) is 0 Å². The average Bonchev–Trinajstić information content (AvgIpc) is 2.38. The predicted octanol–water partition coefficient (Wildman–Crippen LogP) is 2.65. The zero-order valence-corrected chi connectivity index (χ0v) is 12.5. The third-order valence-electron chi connectivity index (χ3n) is 3.76. The Kier molecular flexibility index (Phi) is 4.63. The molecule has 0 spiro atoms. The number of halogens is 3. The van der Waals surface area contributed by atoms with Crippen molar-refractivity contribution in [2.45, 2.75) is 30.3 Å². The van der Waals surface area contributed by atoms with E-state index in [4.69, 9.17) is 0 Å². The summed E-state index contributed by atoms with van der Waals surface area (Å²) in [5, 5.41) is 3.21. The van der Waals surface area contributed by atoms with Crippen LogP contribution in [0.2, 0.25) is 0 Å². The number of piperidine rings is 1. The quantitative estimate of drug-likeness (QED) is 0.931. The molecule has 0 aromatic heterocycles. The van der Waals surface area contributed by atoms with Gasteiger partial charge in [-0.15, -0.1) is 0 Å². The highest BCUT2D eigenvalue weighted by Crippen LogP contribution is 2.33. The molecule has 1 aliphatic rings. The Hall–Kier alpha value is -1.08. The van der Waals surface area contributed by atoms with Gasteiger partial charge in [0.1, 0.15) is 0 Å². The van der Waals surface area contributed by atoms with E-state index >= 15 is 0 Å². The van der Waals surface area contributed by atoms with Gasteiger partial charge in [-0.25, -0.2) is 8.42 Å². The second kappa shape index (κ2) is 5.96. The van der Waals surface area contributed by atoms with E-state index in [1.165, 1.54) is 6.07 Å². The van der Waals surface area contributed by atoms with E-state index in [-0.39, 0.29) is 4.90 Å². The van der Waals surface area contributed by atoms with Crippen LogP contribution in [0.25, 0.3) is 0 Å². The molecule has 0 aliphatic carbocycles. The molecule has 3 nitrogen and oxygen atoms in total. The second-order valence-corrected chi connectivity index (χ2v) is 7.47. The summed E-state index contributed by atoms with van der Waals surface area (Å²) in [6.45, 7) is 1.72. The molecular weight excluding hydrogens is 303 g/mol. The molecule has 1 aromatic carbocycles. The summed E-state index contributed by atoms with van der Waals surface area (Å²) in [5.74, 6) is 0.309. The van der Waals surface area contributed by atoms with Gasteiger partial charge in [0, 0.05) is 6.26 Å². The average molecular weight is 321 g/mol. The van der Waals surface area contributed by atoms with E-state index in [0.717, 1.165) is 44.3 Å². The molecule has 0 unspecified atom stereocenters. The molecule has 2 rings (SSSR count). The number of rotatable bonds is 3. The standard InChI is InChI=1S/C14H18F3NO2S/c1-21(19,20)13-9-12(14(15,16)17)3-2-11(13)8-10-4-6-18-7-5-10/h2-3,9-10,18H,4-8H2,1H3. The summed E-state index contributed by atoms with van der Waals surface area (Å²) in [4.78, 5) is -0.198. The first-order chi connectivity index (χ1) is 9.68. The van der Waals surface area contributed by atoms with Crippen LogP contribution >= 0.6 is 0 Å². The fraction of sp³-hybridized carbons (Fsp3) is 0.571. The van der Waals surface area contributed by atoms with Crippen molar-refractivity contribution in [3.8, 4) is 0 Å². The van der Waals surface area contributed by atoms with Crippen LogP contribution in [0, 0.1) is 5.92 Å². The molecule has 0 radical (unpaired) electrons. The van der Waals surface area contributed by atoms with Gasteiger partial charge in [0.25, 0.3) is 0 Å². The molecular formula is C14H18F3NO2S. The lowest BCUT2D eigenvalue weighted by Gasteiger charge is -2.23. The van der Waals surface area contributed by atoms with E-state index in [0.29, 0.717) is 17.9 Å². The number of alkyl halides is 3. The normalized spacial score (nSPS) is 17.9. The van der Waals surface area contributed by atoms with Gasteiger partial charge in [-0.05, 0) is 56.0 Å². The van der Waals surface area contributed by atoms with Gasteiger partial charge in [0.15, 0.2) is 9.84 Å². The molecule has 7 heteroatoms. The van der Waals surface area contributed by atoms with E-state index in [2.05, 4.69) is 5.32 Å². The summed E-state index contributed by atoms with van der Waals surface area (Å²) in [7, 11) is -3.68. The topological polar surface area (TPSA) is 46.2 Å². The molecule has 1 saturated heterocycles. The minimum absolute atomic E-state index is 0.198. The molecule has 1 heterocycles. The Morgan fingerprint density at radius 1 is 1.24 bits per heavy atom. The van der Waals surface area contributed by atoms with Crippen LogP contribution in [-0.4, -0.2) is 27.8 Å². The first kappa shape index (κ1) is 16.3. The molecule has 1 fully saturated rings.